The molecule has 1 saturated heterocycles. The second-order valence-corrected chi connectivity index (χ2v) is 6.28. The van der Waals surface area contributed by atoms with Crippen LogP contribution in [0.15, 0.2) is 66.0 Å². The van der Waals surface area contributed by atoms with E-state index in [1.54, 1.807) is 12.4 Å². The maximum absolute atomic E-state index is 6.19. The molecule has 0 aliphatic carbocycles. The molecule has 1 fully saturated rings. The van der Waals surface area contributed by atoms with Crippen molar-refractivity contribution in [3.63, 3.8) is 0 Å². The molecule has 1 aliphatic heterocycles. The Hall–Kier alpha value is -3.42. The zero-order valence-corrected chi connectivity index (χ0v) is 15.0. The van der Waals surface area contributed by atoms with Crippen molar-refractivity contribution in [2.75, 3.05) is 31.1 Å². The first-order chi connectivity index (χ1) is 13.3. The third-order valence-corrected chi connectivity index (χ3v) is 4.51. The summed E-state index contributed by atoms with van der Waals surface area (Å²) in [7, 11) is 0. The van der Waals surface area contributed by atoms with Crippen LogP contribution in [0.5, 0.6) is 0 Å². The van der Waals surface area contributed by atoms with Crippen LogP contribution in [0.1, 0.15) is 5.69 Å². The fourth-order valence-electron chi connectivity index (χ4n) is 3.02. The Bertz CT molecular complexity index is 882. The molecule has 0 unspecified atom stereocenters. The molecule has 2 N–H and O–H groups in total. The van der Waals surface area contributed by atoms with Crippen LogP contribution in [0, 0.1) is 0 Å². The van der Waals surface area contributed by atoms with Crippen molar-refractivity contribution in [1.29, 1.82) is 0 Å². The van der Waals surface area contributed by atoms with Crippen LogP contribution in [0.4, 0.5) is 5.95 Å². The molecule has 3 heterocycles. The van der Waals surface area contributed by atoms with Gasteiger partial charge >= 0.3 is 0 Å². The SMILES string of the molecule is NC(=NCc1ccn(-c2ccccc2)n1)N1CCN(c2ncccn2)CC1. The summed E-state index contributed by atoms with van der Waals surface area (Å²) in [4.78, 5) is 17.4. The molecule has 3 aromatic rings. The highest BCUT2D eigenvalue weighted by molar-refractivity contribution is 5.78. The van der Waals surface area contributed by atoms with Gasteiger partial charge in [0.25, 0.3) is 0 Å². The fraction of sp³-hybridized carbons (Fsp3) is 0.263. The van der Waals surface area contributed by atoms with Crippen molar-refractivity contribution in [1.82, 2.24) is 24.6 Å². The van der Waals surface area contributed by atoms with Gasteiger partial charge in [0.05, 0.1) is 17.9 Å². The van der Waals surface area contributed by atoms with E-state index in [1.165, 1.54) is 0 Å². The predicted molar refractivity (Wildman–Crippen MR) is 105 cm³/mol. The van der Waals surface area contributed by atoms with Gasteiger partial charge in [-0.3, -0.25) is 0 Å². The number of anilines is 1. The third-order valence-electron chi connectivity index (χ3n) is 4.51. The average Bonchev–Trinajstić information content (AvgIpc) is 3.22. The molecule has 0 atom stereocenters. The zero-order chi connectivity index (χ0) is 18.5. The van der Waals surface area contributed by atoms with Crippen molar-refractivity contribution < 1.29 is 0 Å². The summed E-state index contributed by atoms with van der Waals surface area (Å²) >= 11 is 0. The summed E-state index contributed by atoms with van der Waals surface area (Å²) in [5.41, 5.74) is 8.10. The van der Waals surface area contributed by atoms with Crippen LogP contribution >= 0.6 is 0 Å². The number of rotatable bonds is 4. The van der Waals surface area contributed by atoms with Gasteiger partial charge < -0.3 is 15.5 Å². The average molecular weight is 362 g/mol. The molecule has 1 aromatic carbocycles. The first-order valence-corrected chi connectivity index (χ1v) is 8.96. The number of nitrogens with two attached hydrogens (primary N) is 1. The van der Waals surface area contributed by atoms with Crippen molar-refractivity contribution >= 4 is 11.9 Å². The summed E-state index contributed by atoms with van der Waals surface area (Å²) in [5.74, 6) is 1.32. The van der Waals surface area contributed by atoms with Gasteiger partial charge in [-0.1, -0.05) is 18.2 Å². The van der Waals surface area contributed by atoms with E-state index >= 15 is 0 Å². The molecule has 0 radical (unpaired) electrons. The molecule has 0 spiro atoms. The molecule has 27 heavy (non-hydrogen) atoms. The first-order valence-electron chi connectivity index (χ1n) is 8.96. The van der Waals surface area contributed by atoms with Gasteiger partial charge in [0.15, 0.2) is 5.96 Å². The summed E-state index contributed by atoms with van der Waals surface area (Å²) in [6, 6.07) is 13.8. The van der Waals surface area contributed by atoms with E-state index in [1.807, 2.05) is 53.3 Å². The maximum atomic E-state index is 6.19. The molecular weight excluding hydrogens is 340 g/mol. The van der Waals surface area contributed by atoms with Gasteiger partial charge in [0, 0.05) is 44.8 Å². The summed E-state index contributed by atoms with van der Waals surface area (Å²) in [6.07, 6.45) is 5.47. The number of aromatic nitrogens is 4. The van der Waals surface area contributed by atoms with Gasteiger partial charge in [-0.05, 0) is 24.3 Å². The highest BCUT2D eigenvalue weighted by Crippen LogP contribution is 2.10. The molecule has 0 bridgehead atoms. The van der Waals surface area contributed by atoms with Crippen molar-refractivity contribution in [3.05, 3.63) is 66.7 Å². The second-order valence-electron chi connectivity index (χ2n) is 6.28. The van der Waals surface area contributed by atoms with Gasteiger partial charge in [0.1, 0.15) is 0 Å². The highest BCUT2D eigenvalue weighted by Gasteiger charge is 2.19. The number of para-hydroxylation sites is 1. The van der Waals surface area contributed by atoms with E-state index in [0.717, 1.165) is 43.5 Å². The lowest BCUT2D eigenvalue weighted by atomic mass is 10.3. The lowest BCUT2D eigenvalue weighted by molar-refractivity contribution is 0.378. The largest absolute Gasteiger partial charge is 0.370 e. The molecule has 2 aromatic heterocycles. The number of aliphatic imine (C=N–C) groups is 1. The highest BCUT2D eigenvalue weighted by atomic mass is 15.4. The van der Waals surface area contributed by atoms with Gasteiger partial charge in [-0.25, -0.2) is 19.6 Å². The minimum Gasteiger partial charge on any atom is -0.370 e. The van der Waals surface area contributed by atoms with E-state index in [9.17, 15) is 0 Å². The molecule has 138 valence electrons. The quantitative estimate of drug-likeness (QED) is 0.556. The van der Waals surface area contributed by atoms with Crippen LogP contribution in [0.3, 0.4) is 0 Å². The molecule has 0 amide bonds. The number of hydrogen-bond acceptors (Lipinski definition) is 5. The predicted octanol–water partition coefficient (Wildman–Crippen LogP) is 1.30. The lowest BCUT2D eigenvalue weighted by Gasteiger charge is -2.35. The minimum absolute atomic E-state index is 0.466. The molecule has 4 rings (SSSR count). The van der Waals surface area contributed by atoms with Gasteiger partial charge in [0.2, 0.25) is 5.95 Å². The maximum Gasteiger partial charge on any atom is 0.225 e. The smallest absolute Gasteiger partial charge is 0.225 e. The summed E-state index contributed by atoms with van der Waals surface area (Å²) in [6.45, 7) is 3.71. The van der Waals surface area contributed by atoms with E-state index in [0.29, 0.717) is 12.5 Å². The van der Waals surface area contributed by atoms with Crippen LogP contribution in [-0.2, 0) is 6.54 Å². The van der Waals surface area contributed by atoms with Gasteiger partial charge in [-0.2, -0.15) is 5.10 Å². The third kappa shape index (κ3) is 4.05. The van der Waals surface area contributed by atoms with E-state index in [4.69, 9.17) is 5.73 Å². The molecule has 8 heteroatoms. The number of benzene rings is 1. The molecular formula is C19H22N8. The van der Waals surface area contributed by atoms with Gasteiger partial charge in [-0.15, -0.1) is 0 Å². The summed E-state index contributed by atoms with van der Waals surface area (Å²) in [5, 5.41) is 4.56. The van der Waals surface area contributed by atoms with E-state index in [2.05, 4.69) is 29.9 Å². The number of hydrogen-bond donors (Lipinski definition) is 1. The zero-order valence-electron chi connectivity index (χ0n) is 15.0. The molecule has 8 nitrogen and oxygen atoms in total. The Balaban J connectivity index is 1.33. The monoisotopic (exact) mass is 362 g/mol. The van der Waals surface area contributed by atoms with E-state index in [-0.39, 0.29) is 0 Å². The fourth-order valence-corrected chi connectivity index (χ4v) is 3.02. The number of guanidine groups is 1. The Morgan fingerprint density at radius 1 is 0.963 bits per heavy atom. The topological polar surface area (TPSA) is 88.5 Å². The van der Waals surface area contributed by atoms with Crippen LogP contribution in [0.2, 0.25) is 0 Å². The number of piperazine rings is 1. The van der Waals surface area contributed by atoms with Crippen LogP contribution in [0.25, 0.3) is 5.69 Å². The van der Waals surface area contributed by atoms with Crippen molar-refractivity contribution in [2.24, 2.45) is 10.7 Å². The molecule has 0 saturated carbocycles. The van der Waals surface area contributed by atoms with Crippen LogP contribution in [-0.4, -0.2) is 56.8 Å². The first kappa shape index (κ1) is 17.0. The van der Waals surface area contributed by atoms with Crippen molar-refractivity contribution in [3.8, 4) is 5.69 Å². The Kier molecular flexibility index (Phi) is 4.95. The van der Waals surface area contributed by atoms with Crippen molar-refractivity contribution in [2.45, 2.75) is 6.54 Å². The summed E-state index contributed by atoms with van der Waals surface area (Å²) < 4.78 is 1.85. The molecule has 1 aliphatic rings. The Morgan fingerprint density at radius 2 is 1.70 bits per heavy atom. The second kappa shape index (κ2) is 7.86. The van der Waals surface area contributed by atoms with E-state index < -0.39 is 0 Å². The standard InChI is InChI=1S/C19H22N8/c20-18(25-11-13-26(14-12-25)19-21-8-4-9-22-19)23-15-16-7-10-27(24-16)17-5-2-1-3-6-17/h1-10H,11-15H2,(H2,20,23). The Labute approximate surface area is 158 Å². The minimum atomic E-state index is 0.466. The number of nitrogens with zero attached hydrogens (tertiary/aromatic N) is 7. The lowest BCUT2D eigenvalue weighted by Crippen LogP contribution is -2.51. The normalized spacial score (nSPS) is 15.2. The van der Waals surface area contributed by atoms with Crippen LogP contribution < -0.4 is 10.6 Å². The Morgan fingerprint density at radius 3 is 2.44 bits per heavy atom.